The summed E-state index contributed by atoms with van der Waals surface area (Å²) in [6, 6.07) is 9.81. The van der Waals surface area contributed by atoms with Crippen LogP contribution in [0.25, 0.3) is 5.65 Å². The van der Waals surface area contributed by atoms with Gasteiger partial charge in [0.2, 0.25) is 0 Å². The highest BCUT2D eigenvalue weighted by Gasteiger charge is 2.17. The fourth-order valence-electron chi connectivity index (χ4n) is 2.39. The van der Waals surface area contributed by atoms with E-state index in [0.717, 1.165) is 0 Å². The van der Waals surface area contributed by atoms with E-state index in [1.54, 1.807) is 49.5 Å². The molecule has 1 N–H and O–H groups in total. The number of pyridine rings is 1. The van der Waals surface area contributed by atoms with E-state index in [2.05, 4.69) is 10.3 Å². The molecule has 0 bridgehead atoms. The van der Waals surface area contributed by atoms with Gasteiger partial charge in [-0.15, -0.1) is 0 Å². The minimum atomic E-state index is -0.510. The lowest BCUT2D eigenvalue weighted by molar-refractivity contribution is 0.0938. The fraction of sp³-hybridized carbons (Fsp3) is 0.118. The van der Waals surface area contributed by atoms with Gasteiger partial charge >= 0.3 is 0 Å². The second kappa shape index (κ2) is 6.63. The van der Waals surface area contributed by atoms with Gasteiger partial charge in [-0.05, 0) is 36.8 Å². The van der Waals surface area contributed by atoms with Crippen LogP contribution in [0.4, 0.5) is 0 Å². The Morgan fingerprint density at radius 2 is 2.04 bits per heavy atom. The Bertz CT molecular complexity index is 985. The molecule has 0 spiro atoms. The van der Waals surface area contributed by atoms with Gasteiger partial charge < -0.3 is 5.32 Å². The summed E-state index contributed by atoms with van der Waals surface area (Å²) in [5.74, 6) is -0.510. The summed E-state index contributed by atoms with van der Waals surface area (Å²) >= 11 is 12.0. The molecule has 3 rings (SSSR count). The summed E-state index contributed by atoms with van der Waals surface area (Å²) in [6.45, 7) is 1.78. The molecule has 0 aliphatic carbocycles. The lowest BCUT2D eigenvalue weighted by atomic mass is 10.1. The molecule has 1 amide bonds. The molecule has 7 heteroatoms. The molecular weight excluding hydrogens is 349 g/mol. The number of hydrogen-bond donors (Lipinski definition) is 1. The largest absolute Gasteiger partial charge is 0.345 e. The van der Waals surface area contributed by atoms with Gasteiger partial charge in [0.1, 0.15) is 11.2 Å². The Hall–Kier alpha value is -2.37. The van der Waals surface area contributed by atoms with Gasteiger partial charge in [-0.1, -0.05) is 35.3 Å². The van der Waals surface area contributed by atoms with Crippen molar-refractivity contribution >= 4 is 34.8 Å². The molecule has 3 aromatic rings. The molecular formula is C17H13Cl2N3O2. The molecule has 0 aliphatic rings. The van der Waals surface area contributed by atoms with Crippen molar-refractivity contribution in [1.29, 1.82) is 0 Å². The number of amides is 1. The van der Waals surface area contributed by atoms with Crippen LogP contribution >= 0.6 is 23.2 Å². The molecule has 0 fully saturated rings. The molecule has 0 saturated heterocycles. The van der Waals surface area contributed by atoms with Crippen molar-refractivity contribution in [2.45, 2.75) is 13.0 Å². The van der Waals surface area contributed by atoms with Gasteiger partial charge in [0.25, 0.3) is 11.5 Å². The summed E-state index contributed by atoms with van der Waals surface area (Å²) in [5, 5.41) is 3.72. The number of carbonyl (C=O) groups is 1. The maximum absolute atomic E-state index is 12.4. The van der Waals surface area contributed by atoms with E-state index in [0.29, 0.717) is 21.3 Å². The van der Waals surface area contributed by atoms with Crippen LogP contribution in [0.5, 0.6) is 0 Å². The molecule has 1 aromatic carbocycles. The van der Waals surface area contributed by atoms with Crippen LogP contribution in [0.1, 0.15) is 28.9 Å². The number of fused-ring (bicyclic) bond motifs is 1. The monoisotopic (exact) mass is 361 g/mol. The van der Waals surface area contributed by atoms with Gasteiger partial charge in [0.05, 0.1) is 6.04 Å². The number of rotatable bonds is 3. The van der Waals surface area contributed by atoms with Crippen molar-refractivity contribution in [2.75, 3.05) is 0 Å². The average Bonchev–Trinajstić information content (AvgIpc) is 2.55. The third-order valence-corrected chi connectivity index (χ3v) is 4.20. The first-order valence-corrected chi connectivity index (χ1v) is 7.95. The molecule has 24 heavy (non-hydrogen) atoms. The Kier molecular flexibility index (Phi) is 4.55. The van der Waals surface area contributed by atoms with Crippen LogP contribution in [0, 0.1) is 0 Å². The Labute approximate surface area is 147 Å². The molecule has 1 atom stereocenters. The number of nitrogens with zero attached hydrogens (tertiary/aromatic N) is 2. The molecule has 0 unspecified atom stereocenters. The number of hydrogen-bond acceptors (Lipinski definition) is 3. The van der Waals surface area contributed by atoms with Crippen LogP contribution in [0.2, 0.25) is 10.0 Å². The van der Waals surface area contributed by atoms with Gasteiger partial charge in [-0.25, -0.2) is 4.98 Å². The van der Waals surface area contributed by atoms with Crippen molar-refractivity contribution in [3.63, 3.8) is 0 Å². The van der Waals surface area contributed by atoms with Crippen molar-refractivity contribution in [2.24, 2.45) is 0 Å². The second-order valence-electron chi connectivity index (χ2n) is 5.27. The predicted molar refractivity (Wildman–Crippen MR) is 93.8 cm³/mol. The third kappa shape index (κ3) is 3.13. The summed E-state index contributed by atoms with van der Waals surface area (Å²) < 4.78 is 1.33. The molecule has 0 radical (unpaired) electrons. The van der Waals surface area contributed by atoms with Crippen LogP contribution in [-0.4, -0.2) is 15.3 Å². The van der Waals surface area contributed by atoms with Crippen LogP contribution in [0.15, 0.2) is 53.6 Å². The highest BCUT2D eigenvalue weighted by atomic mass is 35.5. The predicted octanol–water partition coefficient (Wildman–Crippen LogP) is 3.49. The fourth-order valence-corrected chi connectivity index (χ4v) is 2.96. The third-order valence-electron chi connectivity index (χ3n) is 3.63. The summed E-state index contributed by atoms with van der Waals surface area (Å²) in [4.78, 5) is 29.0. The van der Waals surface area contributed by atoms with E-state index in [9.17, 15) is 9.59 Å². The van der Waals surface area contributed by atoms with E-state index in [1.807, 2.05) is 0 Å². The van der Waals surface area contributed by atoms with Crippen LogP contribution < -0.4 is 10.9 Å². The maximum atomic E-state index is 12.4. The molecule has 0 saturated carbocycles. The van der Waals surface area contributed by atoms with Crippen molar-refractivity contribution in [3.05, 3.63) is 80.3 Å². The van der Waals surface area contributed by atoms with Gasteiger partial charge in [-0.3, -0.25) is 14.0 Å². The van der Waals surface area contributed by atoms with Crippen molar-refractivity contribution < 1.29 is 4.79 Å². The Morgan fingerprint density at radius 3 is 2.79 bits per heavy atom. The lowest BCUT2D eigenvalue weighted by Gasteiger charge is -2.16. The average molecular weight is 362 g/mol. The first-order valence-electron chi connectivity index (χ1n) is 7.19. The Morgan fingerprint density at radius 1 is 1.25 bits per heavy atom. The molecule has 0 aliphatic heterocycles. The van der Waals surface area contributed by atoms with E-state index < -0.39 is 17.5 Å². The highest BCUT2D eigenvalue weighted by molar-refractivity contribution is 6.35. The van der Waals surface area contributed by atoms with E-state index in [-0.39, 0.29) is 5.56 Å². The first-order chi connectivity index (χ1) is 11.5. The van der Waals surface area contributed by atoms with Crippen LogP contribution in [0.3, 0.4) is 0 Å². The zero-order valence-corrected chi connectivity index (χ0v) is 14.2. The van der Waals surface area contributed by atoms with Crippen molar-refractivity contribution in [3.8, 4) is 0 Å². The number of nitrogens with one attached hydrogen (secondary N) is 1. The molecule has 2 heterocycles. The minimum Gasteiger partial charge on any atom is -0.345 e. The van der Waals surface area contributed by atoms with E-state index in [1.165, 1.54) is 10.6 Å². The van der Waals surface area contributed by atoms with Crippen LogP contribution in [-0.2, 0) is 0 Å². The summed E-state index contributed by atoms with van der Waals surface area (Å²) in [6.07, 6.45) is 2.85. The lowest BCUT2D eigenvalue weighted by Crippen LogP contribution is -2.33. The van der Waals surface area contributed by atoms with Gasteiger partial charge in [0, 0.05) is 22.4 Å². The minimum absolute atomic E-state index is 0.0318. The molecule has 5 nitrogen and oxygen atoms in total. The summed E-state index contributed by atoms with van der Waals surface area (Å²) in [7, 11) is 0. The standard InChI is InChI=1S/C17H13Cl2N3O2/c1-10(12-6-5-11(18)8-14(12)19)21-16(23)13-9-20-15-4-2-3-7-22(15)17(13)24/h2-10H,1H3,(H,21,23)/t10-/m0/s1. The van der Waals surface area contributed by atoms with E-state index in [4.69, 9.17) is 23.2 Å². The number of halogens is 2. The topological polar surface area (TPSA) is 63.5 Å². The Balaban J connectivity index is 1.90. The SMILES string of the molecule is C[C@H](NC(=O)c1cnc2ccccn2c1=O)c1ccc(Cl)cc1Cl. The zero-order chi connectivity index (χ0) is 17.3. The van der Waals surface area contributed by atoms with Gasteiger partial charge in [0.15, 0.2) is 0 Å². The zero-order valence-electron chi connectivity index (χ0n) is 12.7. The number of benzene rings is 1. The maximum Gasteiger partial charge on any atom is 0.270 e. The number of carbonyl (C=O) groups excluding carboxylic acids is 1. The normalized spacial score (nSPS) is 12.1. The quantitative estimate of drug-likeness (QED) is 0.776. The molecule has 2 aromatic heterocycles. The summed E-state index contributed by atoms with van der Waals surface area (Å²) in [5.41, 5.74) is 0.735. The highest BCUT2D eigenvalue weighted by Crippen LogP contribution is 2.26. The molecule has 122 valence electrons. The van der Waals surface area contributed by atoms with Crippen molar-refractivity contribution in [1.82, 2.24) is 14.7 Å². The number of aromatic nitrogens is 2. The van der Waals surface area contributed by atoms with E-state index >= 15 is 0 Å². The second-order valence-corrected chi connectivity index (χ2v) is 6.11. The van der Waals surface area contributed by atoms with Gasteiger partial charge in [-0.2, -0.15) is 0 Å². The first kappa shape index (κ1) is 16.5. The smallest absolute Gasteiger partial charge is 0.270 e.